The number of rotatable bonds is 8. The second kappa shape index (κ2) is 10.5. The predicted molar refractivity (Wildman–Crippen MR) is 137 cm³/mol. The van der Waals surface area contributed by atoms with E-state index in [1.165, 1.54) is 0 Å². The van der Waals surface area contributed by atoms with Crippen LogP contribution in [0.2, 0.25) is 0 Å². The fourth-order valence-corrected chi connectivity index (χ4v) is 6.52. The quantitative estimate of drug-likeness (QED) is 0.310. The molecule has 3 heterocycles. The lowest BCUT2D eigenvalue weighted by Crippen LogP contribution is -2.48. The number of carbonyl (C=O) groups excluding carboxylic acids is 3. The van der Waals surface area contributed by atoms with E-state index in [-0.39, 0.29) is 23.0 Å². The van der Waals surface area contributed by atoms with Gasteiger partial charge in [0.05, 0.1) is 5.56 Å². The van der Waals surface area contributed by atoms with Crippen LogP contribution >= 0.6 is 0 Å². The van der Waals surface area contributed by atoms with E-state index < -0.39 is 71.9 Å². The van der Waals surface area contributed by atoms with Crippen molar-refractivity contribution in [3.05, 3.63) is 54.1 Å². The van der Waals surface area contributed by atoms with Gasteiger partial charge in [0.2, 0.25) is 0 Å². The van der Waals surface area contributed by atoms with Gasteiger partial charge in [0.15, 0.2) is 23.7 Å². The van der Waals surface area contributed by atoms with Crippen molar-refractivity contribution in [3.63, 3.8) is 0 Å². The van der Waals surface area contributed by atoms with Crippen LogP contribution in [0, 0.1) is 17.8 Å². The van der Waals surface area contributed by atoms with Gasteiger partial charge in [-0.05, 0) is 61.9 Å². The van der Waals surface area contributed by atoms with Crippen molar-refractivity contribution in [2.45, 2.75) is 75.9 Å². The van der Waals surface area contributed by atoms with E-state index in [1.54, 1.807) is 30.3 Å². The zero-order chi connectivity index (χ0) is 29.8. The normalized spacial score (nSPS) is 29.0. The summed E-state index contributed by atoms with van der Waals surface area (Å²) in [4.78, 5) is 39.1. The molecule has 2 aromatic carbocycles. The summed E-state index contributed by atoms with van der Waals surface area (Å²) in [5.41, 5.74) is -0.826. The molecule has 4 fully saturated rings. The first kappa shape index (κ1) is 28.3. The van der Waals surface area contributed by atoms with Crippen molar-refractivity contribution >= 4 is 17.9 Å². The first-order chi connectivity index (χ1) is 20.0. The van der Waals surface area contributed by atoms with Gasteiger partial charge < -0.3 is 28.4 Å². The Morgan fingerprint density at radius 3 is 2.36 bits per heavy atom. The van der Waals surface area contributed by atoms with Crippen LogP contribution in [0.25, 0.3) is 0 Å². The molecule has 12 heteroatoms. The maximum Gasteiger partial charge on any atom is 0.573 e. The van der Waals surface area contributed by atoms with E-state index in [9.17, 15) is 27.6 Å². The van der Waals surface area contributed by atoms with Gasteiger partial charge in [-0.25, -0.2) is 4.79 Å². The molecular weight excluding hydrogens is 561 g/mol. The van der Waals surface area contributed by atoms with Crippen molar-refractivity contribution < 1.29 is 56.0 Å². The highest BCUT2D eigenvalue weighted by Crippen LogP contribution is 2.52. The topological polar surface area (TPSA) is 107 Å². The summed E-state index contributed by atoms with van der Waals surface area (Å²) in [5, 5.41) is 0. The highest BCUT2D eigenvalue weighted by Gasteiger charge is 2.72. The molecule has 3 aliphatic heterocycles. The zero-order valence-electron chi connectivity index (χ0n) is 22.8. The van der Waals surface area contributed by atoms with Gasteiger partial charge in [0.1, 0.15) is 35.4 Å². The van der Waals surface area contributed by atoms with Gasteiger partial charge in [-0.1, -0.05) is 32.0 Å². The van der Waals surface area contributed by atoms with Crippen LogP contribution < -0.4 is 14.2 Å². The van der Waals surface area contributed by atoms with Crippen molar-refractivity contribution in [1.82, 2.24) is 0 Å². The van der Waals surface area contributed by atoms with Gasteiger partial charge in [-0.15, -0.1) is 13.2 Å². The Bertz CT molecular complexity index is 1370. The standard InChI is InChI=1S/C30H29F3O9/c1-15(2)29(12-6-7-13-29)41-19-14-16(10-11-18(19)42-30(31,32)33)26(34)39-24-22-20(21-23(38-22)25(24)40-28(21)36)27(35)37-17-8-4-3-5-9-17/h3-5,8-11,14-15,20-25H,6-7,12-13H2,1-2H3. The number of benzene rings is 2. The second-order valence-corrected chi connectivity index (χ2v) is 11.4. The number of para-hydroxylation sites is 1. The minimum absolute atomic E-state index is 0.0156. The summed E-state index contributed by atoms with van der Waals surface area (Å²) in [6, 6.07) is 11.6. The second-order valence-electron chi connectivity index (χ2n) is 11.4. The van der Waals surface area contributed by atoms with E-state index in [4.69, 9.17) is 23.7 Å². The Balaban J connectivity index is 1.24. The highest BCUT2D eigenvalue weighted by atomic mass is 19.4. The third-order valence-corrected chi connectivity index (χ3v) is 8.60. The van der Waals surface area contributed by atoms with E-state index >= 15 is 0 Å². The molecule has 2 aromatic rings. The number of fused-ring (bicyclic) bond motifs is 1. The van der Waals surface area contributed by atoms with Crippen LogP contribution in [0.4, 0.5) is 13.2 Å². The lowest BCUT2D eigenvalue weighted by Gasteiger charge is -2.35. The summed E-state index contributed by atoms with van der Waals surface area (Å²) in [5.74, 6) is -4.83. The molecular formula is C30H29F3O9. The molecule has 42 heavy (non-hydrogen) atoms. The minimum Gasteiger partial charge on any atom is -0.483 e. The monoisotopic (exact) mass is 590 g/mol. The van der Waals surface area contributed by atoms with E-state index in [2.05, 4.69) is 4.74 Å². The third kappa shape index (κ3) is 5.05. The molecule has 0 aromatic heterocycles. The molecule has 6 rings (SSSR count). The molecule has 4 aliphatic rings. The number of carbonyl (C=O) groups is 3. The Morgan fingerprint density at radius 1 is 0.976 bits per heavy atom. The summed E-state index contributed by atoms with van der Waals surface area (Å²) in [7, 11) is 0. The van der Waals surface area contributed by atoms with Gasteiger partial charge >= 0.3 is 24.3 Å². The molecule has 0 N–H and O–H groups in total. The number of hydrogen-bond acceptors (Lipinski definition) is 9. The average Bonchev–Trinajstić information content (AvgIpc) is 3.68. The van der Waals surface area contributed by atoms with Crippen LogP contribution in [-0.4, -0.2) is 54.3 Å². The Hall–Kier alpha value is -3.80. The fourth-order valence-electron chi connectivity index (χ4n) is 6.52. The van der Waals surface area contributed by atoms with Gasteiger partial charge in [0, 0.05) is 0 Å². The van der Waals surface area contributed by atoms with Gasteiger partial charge in [0.25, 0.3) is 0 Å². The summed E-state index contributed by atoms with van der Waals surface area (Å²) < 4.78 is 72.5. The van der Waals surface area contributed by atoms with E-state index in [1.807, 2.05) is 13.8 Å². The summed E-state index contributed by atoms with van der Waals surface area (Å²) in [6.07, 6.45) is -5.86. The van der Waals surface area contributed by atoms with Crippen LogP contribution in [-0.2, 0) is 23.8 Å². The number of ether oxygens (including phenoxy) is 6. The molecule has 1 aliphatic carbocycles. The number of halogens is 3. The maximum absolute atomic E-state index is 13.3. The Kier molecular flexibility index (Phi) is 7.07. The van der Waals surface area contributed by atoms with E-state index in [0.717, 1.165) is 31.0 Å². The molecule has 2 bridgehead atoms. The smallest absolute Gasteiger partial charge is 0.483 e. The number of esters is 3. The van der Waals surface area contributed by atoms with Crippen LogP contribution in [0.1, 0.15) is 49.9 Å². The fraction of sp³-hybridized carbons (Fsp3) is 0.500. The van der Waals surface area contributed by atoms with Crippen molar-refractivity contribution in [2.24, 2.45) is 17.8 Å². The number of alkyl halides is 3. The summed E-state index contributed by atoms with van der Waals surface area (Å²) in [6.45, 7) is 3.86. The molecule has 0 amide bonds. The predicted octanol–water partition coefficient (Wildman–Crippen LogP) is 5.00. The SMILES string of the molecule is CC(C)C1(Oc2cc(C(=O)OC3C4OC(=O)C5C4OC3C5C(=O)Oc3ccccc3)ccc2OC(F)(F)F)CCCC1. The Morgan fingerprint density at radius 2 is 1.69 bits per heavy atom. The first-order valence-corrected chi connectivity index (χ1v) is 13.9. The van der Waals surface area contributed by atoms with Gasteiger partial charge in [-0.2, -0.15) is 0 Å². The largest absolute Gasteiger partial charge is 0.573 e. The lowest BCUT2D eigenvalue weighted by atomic mass is 9.78. The first-order valence-electron chi connectivity index (χ1n) is 13.9. The molecule has 9 nitrogen and oxygen atoms in total. The molecule has 0 radical (unpaired) electrons. The summed E-state index contributed by atoms with van der Waals surface area (Å²) >= 11 is 0. The Labute approximate surface area is 239 Å². The highest BCUT2D eigenvalue weighted by molar-refractivity contribution is 5.91. The van der Waals surface area contributed by atoms with Crippen molar-refractivity contribution in [2.75, 3.05) is 0 Å². The molecule has 224 valence electrons. The zero-order valence-corrected chi connectivity index (χ0v) is 22.8. The maximum atomic E-state index is 13.3. The molecule has 6 unspecified atom stereocenters. The minimum atomic E-state index is -4.98. The average molecular weight is 591 g/mol. The molecule has 3 saturated heterocycles. The number of hydrogen-bond donors (Lipinski definition) is 0. The van der Waals surface area contributed by atoms with Crippen LogP contribution in [0.5, 0.6) is 17.2 Å². The molecule has 6 atom stereocenters. The molecule has 1 saturated carbocycles. The molecule has 0 spiro atoms. The van der Waals surface area contributed by atoms with E-state index in [0.29, 0.717) is 12.8 Å². The van der Waals surface area contributed by atoms with Crippen molar-refractivity contribution in [1.29, 1.82) is 0 Å². The van der Waals surface area contributed by atoms with Gasteiger partial charge in [-0.3, -0.25) is 9.59 Å². The van der Waals surface area contributed by atoms with Crippen LogP contribution in [0.3, 0.4) is 0 Å². The third-order valence-electron chi connectivity index (χ3n) is 8.60. The van der Waals surface area contributed by atoms with Crippen molar-refractivity contribution in [3.8, 4) is 17.2 Å². The lowest BCUT2D eigenvalue weighted by molar-refractivity contribution is -0.275. The van der Waals surface area contributed by atoms with Crippen LogP contribution in [0.15, 0.2) is 48.5 Å².